The lowest BCUT2D eigenvalue weighted by Crippen LogP contribution is -2.34. The van der Waals surface area contributed by atoms with Crippen molar-refractivity contribution < 1.29 is 4.79 Å². The monoisotopic (exact) mass is 310 g/mol. The van der Waals surface area contributed by atoms with E-state index in [2.05, 4.69) is 10.3 Å². The first-order valence-corrected chi connectivity index (χ1v) is 8.27. The second kappa shape index (κ2) is 5.49. The molecular formula is C18H22N4O. The number of pyridine rings is 1. The lowest BCUT2D eigenvalue weighted by Gasteiger charge is -2.22. The molecule has 2 aliphatic heterocycles. The fraction of sp³-hybridized carbons (Fsp3) is 0.444. The Labute approximate surface area is 135 Å². The lowest BCUT2D eigenvalue weighted by atomic mass is 9.86. The summed E-state index contributed by atoms with van der Waals surface area (Å²) < 4.78 is 0. The number of hydrogen-bond acceptors (Lipinski definition) is 4. The molecule has 0 radical (unpaired) electrons. The highest BCUT2D eigenvalue weighted by Crippen LogP contribution is 2.36. The first-order valence-electron chi connectivity index (χ1n) is 8.27. The van der Waals surface area contributed by atoms with Crippen LogP contribution in [0.5, 0.6) is 0 Å². The van der Waals surface area contributed by atoms with Gasteiger partial charge in [-0.05, 0) is 43.7 Å². The van der Waals surface area contributed by atoms with Crippen LogP contribution in [0.15, 0.2) is 30.3 Å². The fourth-order valence-electron chi connectivity index (χ4n) is 3.84. The molecule has 3 heterocycles. The Bertz CT molecular complexity index is 752. The van der Waals surface area contributed by atoms with Crippen LogP contribution in [0, 0.1) is 5.41 Å². The van der Waals surface area contributed by atoms with Crippen LogP contribution in [0.3, 0.4) is 0 Å². The largest absolute Gasteiger partial charge is 0.399 e. The van der Waals surface area contributed by atoms with E-state index in [1.165, 1.54) is 6.42 Å². The predicted octanol–water partition coefficient (Wildman–Crippen LogP) is 1.57. The van der Waals surface area contributed by atoms with Gasteiger partial charge < -0.3 is 16.0 Å². The van der Waals surface area contributed by atoms with Crippen molar-refractivity contribution in [2.45, 2.75) is 19.3 Å². The zero-order valence-electron chi connectivity index (χ0n) is 13.2. The number of anilines is 1. The minimum absolute atomic E-state index is 0.191. The van der Waals surface area contributed by atoms with Crippen LogP contribution in [0.1, 0.15) is 18.5 Å². The van der Waals surface area contributed by atoms with Gasteiger partial charge >= 0.3 is 0 Å². The fourth-order valence-corrected chi connectivity index (χ4v) is 3.84. The van der Waals surface area contributed by atoms with Crippen LogP contribution in [0.25, 0.3) is 10.9 Å². The quantitative estimate of drug-likeness (QED) is 0.826. The molecule has 2 fully saturated rings. The number of amides is 1. The molecule has 120 valence electrons. The molecule has 0 bridgehead atoms. The van der Waals surface area contributed by atoms with Gasteiger partial charge in [0.25, 0.3) is 0 Å². The standard InChI is InChI=1S/C18H22N4O/c19-14-2-4-16-13(9-14)1-3-15(21-16)10-17(23)22-8-6-18(12-22)5-7-20-11-18/h1-4,9,20H,5-8,10-12,19H2. The highest BCUT2D eigenvalue weighted by atomic mass is 16.2. The number of nitrogen functional groups attached to an aromatic ring is 1. The molecule has 1 atom stereocenters. The van der Waals surface area contributed by atoms with E-state index in [-0.39, 0.29) is 5.91 Å². The number of hydrogen-bond donors (Lipinski definition) is 2. The van der Waals surface area contributed by atoms with E-state index >= 15 is 0 Å². The summed E-state index contributed by atoms with van der Waals surface area (Å²) >= 11 is 0. The average Bonchev–Trinajstić information content (AvgIpc) is 3.18. The van der Waals surface area contributed by atoms with Gasteiger partial charge in [-0.3, -0.25) is 9.78 Å². The predicted molar refractivity (Wildman–Crippen MR) is 91.0 cm³/mol. The summed E-state index contributed by atoms with van der Waals surface area (Å²) in [6.07, 6.45) is 2.69. The number of nitrogens with zero attached hydrogens (tertiary/aromatic N) is 2. The van der Waals surface area contributed by atoms with Gasteiger partial charge in [0.15, 0.2) is 0 Å². The SMILES string of the molecule is Nc1ccc2nc(CC(=O)N3CCC4(CCNC4)C3)ccc2c1. The van der Waals surface area contributed by atoms with Crippen LogP contribution < -0.4 is 11.1 Å². The number of carbonyl (C=O) groups excluding carboxylic acids is 1. The third-order valence-corrected chi connectivity index (χ3v) is 5.23. The summed E-state index contributed by atoms with van der Waals surface area (Å²) in [5.74, 6) is 0.191. The molecule has 1 aromatic heterocycles. The molecule has 1 spiro atoms. The van der Waals surface area contributed by atoms with Crippen LogP contribution in [-0.4, -0.2) is 42.0 Å². The molecule has 23 heavy (non-hydrogen) atoms. The van der Waals surface area contributed by atoms with Crippen molar-refractivity contribution in [1.29, 1.82) is 0 Å². The van der Waals surface area contributed by atoms with Gasteiger partial charge in [-0.25, -0.2) is 0 Å². The van der Waals surface area contributed by atoms with E-state index in [0.29, 0.717) is 11.8 Å². The summed E-state index contributed by atoms with van der Waals surface area (Å²) in [4.78, 5) is 19.2. The van der Waals surface area contributed by atoms with Gasteiger partial charge in [-0.15, -0.1) is 0 Å². The Hall–Kier alpha value is -2.14. The van der Waals surface area contributed by atoms with Gasteiger partial charge in [0.05, 0.1) is 17.6 Å². The summed E-state index contributed by atoms with van der Waals surface area (Å²) in [5, 5.41) is 4.44. The van der Waals surface area contributed by atoms with Crippen LogP contribution in [0.4, 0.5) is 5.69 Å². The van der Waals surface area contributed by atoms with Crippen molar-refractivity contribution in [3.63, 3.8) is 0 Å². The minimum Gasteiger partial charge on any atom is -0.399 e. The lowest BCUT2D eigenvalue weighted by molar-refractivity contribution is -0.129. The van der Waals surface area contributed by atoms with Crippen molar-refractivity contribution in [2.24, 2.45) is 5.41 Å². The van der Waals surface area contributed by atoms with Gasteiger partial charge in [-0.2, -0.15) is 0 Å². The molecule has 0 aliphatic carbocycles. The molecule has 5 nitrogen and oxygen atoms in total. The third-order valence-electron chi connectivity index (χ3n) is 5.23. The highest BCUT2D eigenvalue weighted by molar-refractivity contribution is 5.83. The smallest absolute Gasteiger partial charge is 0.228 e. The van der Waals surface area contributed by atoms with Crippen molar-refractivity contribution >= 4 is 22.5 Å². The Balaban J connectivity index is 1.47. The number of aromatic nitrogens is 1. The van der Waals surface area contributed by atoms with Crippen LogP contribution >= 0.6 is 0 Å². The van der Waals surface area contributed by atoms with E-state index in [1.807, 2.05) is 35.2 Å². The molecule has 4 rings (SSSR count). The summed E-state index contributed by atoms with van der Waals surface area (Å²) in [6, 6.07) is 9.59. The van der Waals surface area contributed by atoms with Gasteiger partial charge in [-0.1, -0.05) is 6.07 Å². The zero-order chi connectivity index (χ0) is 15.9. The second-order valence-corrected chi connectivity index (χ2v) is 6.92. The van der Waals surface area contributed by atoms with Crippen LogP contribution in [-0.2, 0) is 11.2 Å². The Morgan fingerprint density at radius 1 is 1.30 bits per heavy atom. The van der Waals surface area contributed by atoms with Crippen LogP contribution in [0.2, 0.25) is 0 Å². The van der Waals surface area contributed by atoms with E-state index < -0.39 is 0 Å². The molecule has 2 aromatic rings. The zero-order valence-corrected chi connectivity index (χ0v) is 13.2. The Morgan fingerprint density at radius 3 is 3.04 bits per heavy atom. The number of carbonyl (C=O) groups is 1. The van der Waals surface area contributed by atoms with E-state index in [1.54, 1.807) is 0 Å². The maximum absolute atomic E-state index is 12.6. The summed E-state index contributed by atoms with van der Waals surface area (Å²) in [7, 11) is 0. The van der Waals surface area contributed by atoms with Gasteiger partial charge in [0, 0.05) is 36.1 Å². The van der Waals surface area contributed by atoms with E-state index in [4.69, 9.17) is 5.73 Å². The number of fused-ring (bicyclic) bond motifs is 1. The topological polar surface area (TPSA) is 71.2 Å². The van der Waals surface area contributed by atoms with Crippen molar-refractivity contribution in [1.82, 2.24) is 15.2 Å². The Morgan fingerprint density at radius 2 is 2.22 bits per heavy atom. The molecule has 2 aliphatic rings. The minimum atomic E-state index is 0.191. The molecule has 5 heteroatoms. The van der Waals surface area contributed by atoms with Crippen molar-refractivity contribution in [3.8, 4) is 0 Å². The molecule has 1 amide bonds. The number of benzene rings is 1. The number of likely N-dealkylation sites (tertiary alicyclic amines) is 1. The van der Waals surface area contributed by atoms with Gasteiger partial charge in [0.2, 0.25) is 5.91 Å². The molecule has 2 saturated heterocycles. The highest BCUT2D eigenvalue weighted by Gasteiger charge is 2.41. The molecular weight excluding hydrogens is 288 g/mol. The van der Waals surface area contributed by atoms with Crippen molar-refractivity contribution in [2.75, 3.05) is 31.9 Å². The summed E-state index contributed by atoms with van der Waals surface area (Å²) in [5.41, 5.74) is 8.57. The molecule has 1 unspecified atom stereocenters. The number of nitrogens with two attached hydrogens (primary N) is 1. The number of rotatable bonds is 2. The van der Waals surface area contributed by atoms with E-state index in [9.17, 15) is 4.79 Å². The molecule has 0 saturated carbocycles. The number of nitrogens with one attached hydrogen (secondary N) is 1. The Kier molecular flexibility index (Phi) is 3.45. The maximum Gasteiger partial charge on any atom is 0.228 e. The average molecular weight is 310 g/mol. The van der Waals surface area contributed by atoms with Gasteiger partial charge in [0.1, 0.15) is 0 Å². The molecule has 3 N–H and O–H groups in total. The maximum atomic E-state index is 12.6. The van der Waals surface area contributed by atoms with E-state index in [0.717, 1.165) is 54.9 Å². The third kappa shape index (κ3) is 2.77. The van der Waals surface area contributed by atoms with Crippen molar-refractivity contribution in [3.05, 3.63) is 36.0 Å². The first kappa shape index (κ1) is 14.5. The second-order valence-electron chi connectivity index (χ2n) is 6.92. The summed E-state index contributed by atoms with van der Waals surface area (Å²) in [6.45, 7) is 3.90. The normalized spacial score (nSPS) is 23.9. The molecule has 1 aromatic carbocycles. The first-order chi connectivity index (χ1) is 11.1.